The Balaban J connectivity index is 1.66. The van der Waals surface area contributed by atoms with Crippen molar-refractivity contribution in [3.05, 3.63) is 35.9 Å². The highest BCUT2D eigenvalue weighted by Crippen LogP contribution is 2.20. The number of rotatable bonds is 6. The monoisotopic (exact) mass is 327 g/mol. The number of carbonyl (C=O) groups excluding carboxylic acids is 1. The lowest BCUT2D eigenvalue weighted by Gasteiger charge is -2.13. The third kappa shape index (κ3) is 3.27. The second-order valence-electron chi connectivity index (χ2n) is 5.96. The van der Waals surface area contributed by atoms with Gasteiger partial charge in [0.1, 0.15) is 11.6 Å². The van der Waals surface area contributed by atoms with Gasteiger partial charge in [0.15, 0.2) is 0 Å². The zero-order valence-electron chi connectivity index (χ0n) is 14.1. The van der Waals surface area contributed by atoms with E-state index in [9.17, 15) is 4.79 Å². The lowest BCUT2D eigenvalue weighted by molar-refractivity contribution is -0.121. The van der Waals surface area contributed by atoms with Gasteiger partial charge in [-0.2, -0.15) is 0 Å². The molecule has 8 nitrogen and oxygen atoms in total. The van der Waals surface area contributed by atoms with Crippen LogP contribution in [0.5, 0.6) is 0 Å². The smallest absolute Gasteiger partial charge is 0.222 e. The van der Waals surface area contributed by atoms with E-state index in [1.165, 1.54) is 0 Å². The summed E-state index contributed by atoms with van der Waals surface area (Å²) >= 11 is 0. The third-order valence-electron chi connectivity index (χ3n) is 3.89. The quantitative estimate of drug-likeness (QED) is 0.743. The molecular formula is C16H21N7O. The van der Waals surface area contributed by atoms with Gasteiger partial charge in [0.25, 0.3) is 0 Å². The van der Waals surface area contributed by atoms with Gasteiger partial charge in [0.05, 0.1) is 24.1 Å². The summed E-state index contributed by atoms with van der Waals surface area (Å²) in [4.78, 5) is 16.7. The number of nitrogens with zero attached hydrogens (tertiary/aromatic N) is 6. The van der Waals surface area contributed by atoms with Crippen LogP contribution in [0.4, 0.5) is 0 Å². The van der Waals surface area contributed by atoms with Crippen LogP contribution in [0.1, 0.15) is 38.0 Å². The molecule has 8 heteroatoms. The highest BCUT2D eigenvalue weighted by atomic mass is 16.1. The number of fused-ring (bicyclic) bond motifs is 1. The van der Waals surface area contributed by atoms with E-state index in [2.05, 4.69) is 44.2 Å². The normalized spacial score (nSPS) is 11.3. The van der Waals surface area contributed by atoms with E-state index in [-0.39, 0.29) is 11.9 Å². The number of hydrogen-bond acceptors (Lipinski definition) is 5. The van der Waals surface area contributed by atoms with Gasteiger partial charge in [-0.1, -0.05) is 12.1 Å². The number of nitrogens with one attached hydrogen (secondary N) is 1. The van der Waals surface area contributed by atoms with Crippen LogP contribution in [0.3, 0.4) is 0 Å². The van der Waals surface area contributed by atoms with E-state index in [0.29, 0.717) is 25.3 Å². The molecule has 126 valence electrons. The first kappa shape index (κ1) is 16.1. The van der Waals surface area contributed by atoms with Gasteiger partial charge in [-0.3, -0.25) is 4.79 Å². The fraction of sp³-hybridized carbons (Fsp3) is 0.438. The second kappa shape index (κ2) is 6.77. The minimum absolute atomic E-state index is 0.0488. The topological polar surface area (TPSA) is 90.5 Å². The molecular weight excluding hydrogens is 306 g/mol. The predicted octanol–water partition coefficient (Wildman–Crippen LogP) is 1.62. The van der Waals surface area contributed by atoms with Gasteiger partial charge >= 0.3 is 0 Å². The van der Waals surface area contributed by atoms with E-state index in [4.69, 9.17) is 0 Å². The predicted molar refractivity (Wildman–Crippen MR) is 89.1 cm³/mol. The zero-order valence-corrected chi connectivity index (χ0v) is 14.1. The molecule has 0 atom stereocenters. The molecule has 0 aliphatic rings. The lowest BCUT2D eigenvalue weighted by Crippen LogP contribution is -2.26. The first-order valence-corrected chi connectivity index (χ1v) is 8.01. The van der Waals surface area contributed by atoms with E-state index < -0.39 is 0 Å². The van der Waals surface area contributed by atoms with Crippen LogP contribution in [-0.2, 0) is 17.9 Å². The lowest BCUT2D eigenvalue weighted by atomic mass is 10.3. The molecule has 0 saturated carbocycles. The van der Waals surface area contributed by atoms with Crippen molar-refractivity contribution >= 4 is 16.9 Å². The van der Waals surface area contributed by atoms with Crippen LogP contribution in [-0.4, -0.2) is 35.7 Å². The Bertz CT molecular complexity index is 849. The molecule has 0 fully saturated rings. The fourth-order valence-electron chi connectivity index (χ4n) is 2.72. The number of amides is 1. The van der Waals surface area contributed by atoms with E-state index in [1.54, 1.807) is 4.68 Å². The minimum atomic E-state index is -0.0488. The molecule has 0 aliphatic heterocycles. The third-order valence-corrected chi connectivity index (χ3v) is 3.89. The largest absolute Gasteiger partial charge is 0.349 e. The van der Waals surface area contributed by atoms with Crippen LogP contribution in [0.2, 0.25) is 0 Å². The SMILES string of the molecule is Cc1nnnn1CCC(=O)NCc1nc2ccccc2n1C(C)C. The second-order valence-corrected chi connectivity index (χ2v) is 5.96. The maximum Gasteiger partial charge on any atom is 0.222 e. The summed E-state index contributed by atoms with van der Waals surface area (Å²) in [5.41, 5.74) is 2.03. The average Bonchev–Trinajstić information content (AvgIpc) is 3.13. The Labute approximate surface area is 139 Å². The molecule has 0 aliphatic carbocycles. The number of tetrazole rings is 1. The Kier molecular flexibility index (Phi) is 4.54. The summed E-state index contributed by atoms with van der Waals surface area (Å²) in [6.07, 6.45) is 0.327. The van der Waals surface area contributed by atoms with Crippen molar-refractivity contribution in [2.24, 2.45) is 0 Å². The van der Waals surface area contributed by atoms with E-state index in [0.717, 1.165) is 16.9 Å². The molecule has 24 heavy (non-hydrogen) atoms. The van der Waals surface area contributed by atoms with Crippen molar-refractivity contribution in [2.75, 3.05) is 0 Å². The molecule has 0 unspecified atom stereocenters. The molecule has 2 heterocycles. The number of para-hydroxylation sites is 2. The van der Waals surface area contributed by atoms with Crippen LogP contribution in [0, 0.1) is 6.92 Å². The number of imidazole rings is 1. The highest BCUT2D eigenvalue weighted by molar-refractivity contribution is 5.77. The summed E-state index contributed by atoms with van der Waals surface area (Å²) in [7, 11) is 0. The number of aryl methyl sites for hydroxylation is 2. The number of aromatic nitrogens is 6. The number of benzene rings is 1. The molecule has 3 rings (SSSR count). The van der Waals surface area contributed by atoms with Crippen molar-refractivity contribution in [3.63, 3.8) is 0 Å². The van der Waals surface area contributed by atoms with Crippen LogP contribution in [0.25, 0.3) is 11.0 Å². The van der Waals surface area contributed by atoms with Crippen LogP contribution in [0.15, 0.2) is 24.3 Å². The molecule has 0 bridgehead atoms. The molecule has 3 aromatic rings. The standard InChI is InChI=1S/C16H21N7O/c1-11(2)23-14-7-5-4-6-13(14)18-15(23)10-17-16(24)8-9-22-12(3)19-20-21-22/h4-7,11H,8-10H2,1-3H3,(H,17,24). The summed E-state index contributed by atoms with van der Waals surface area (Å²) in [5.74, 6) is 1.51. The fourth-order valence-corrected chi connectivity index (χ4v) is 2.72. The van der Waals surface area contributed by atoms with Crippen LogP contribution < -0.4 is 5.32 Å². The summed E-state index contributed by atoms with van der Waals surface area (Å²) < 4.78 is 3.77. The number of carbonyl (C=O) groups is 1. The van der Waals surface area contributed by atoms with Crippen molar-refractivity contribution in [1.29, 1.82) is 0 Å². The minimum Gasteiger partial charge on any atom is -0.349 e. The van der Waals surface area contributed by atoms with Gasteiger partial charge in [-0.05, 0) is 43.3 Å². The molecule has 0 saturated heterocycles. The summed E-state index contributed by atoms with van der Waals surface area (Å²) in [5, 5.41) is 14.1. The molecule has 0 radical (unpaired) electrons. The average molecular weight is 327 g/mol. The molecule has 1 aromatic carbocycles. The molecule has 1 N–H and O–H groups in total. The van der Waals surface area contributed by atoms with Crippen LogP contribution >= 0.6 is 0 Å². The van der Waals surface area contributed by atoms with Gasteiger partial charge in [0, 0.05) is 12.5 Å². The van der Waals surface area contributed by atoms with Crippen molar-refractivity contribution < 1.29 is 4.79 Å². The Morgan fingerprint density at radius 3 is 2.79 bits per heavy atom. The zero-order chi connectivity index (χ0) is 17.1. The maximum absolute atomic E-state index is 12.1. The summed E-state index contributed by atoms with van der Waals surface area (Å²) in [6.45, 7) is 6.90. The van der Waals surface area contributed by atoms with Crippen molar-refractivity contribution in [3.8, 4) is 0 Å². The first-order chi connectivity index (χ1) is 11.6. The molecule has 0 spiro atoms. The molecule has 1 amide bonds. The Hall–Kier alpha value is -2.77. The van der Waals surface area contributed by atoms with Gasteiger partial charge < -0.3 is 9.88 Å². The first-order valence-electron chi connectivity index (χ1n) is 8.01. The van der Waals surface area contributed by atoms with Gasteiger partial charge in [0.2, 0.25) is 5.91 Å². The van der Waals surface area contributed by atoms with E-state index >= 15 is 0 Å². The van der Waals surface area contributed by atoms with Crippen molar-refractivity contribution in [1.82, 2.24) is 35.1 Å². The Morgan fingerprint density at radius 2 is 2.08 bits per heavy atom. The summed E-state index contributed by atoms with van der Waals surface area (Å²) in [6, 6.07) is 8.28. The highest BCUT2D eigenvalue weighted by Gasteiger charge is 2.13. The van der Waals surface area contributed by atoms with Gasteiger partial charge in [-0.15, -0.1) is 5.10 Å². The maximum atomic E-state index is 12.1. The van der Waals surface area contributed by atoms with Gasteiger partial charge in [-0.25, -0.2) is 9.67 Å². The van der Waals surface area contributed by atoms with E-state index in [1.807, 2.05) is 31.2 Å². The van der Waals surface area contributed by atoms with Crippen molar-refractivity contribution in [2.45, 2.75) is 46.3 Å². The Morgan fingerprint density at radius 1 is 1.29 bits per heavy atom. The molecule has 2 aromatic heterocycles. The number of hydrogen-bond donors (Lipinski definition) is 1.